The number of likely N-dealkylation sites (tertiary alicyclic amines) is 1. The summed E-state index contributed by atoms with van der Waals surface area (Å²) in [7, 11) is 0. The monoisotopic (exact) mass is 427 g/mol. The van der Waals surface area contributed by atoms with Crippen molar-refractivity contribution in [3.05, 3.63) is 107 Å². The predicted molar refractivity (Wildman–Crippen MR) is 131 cm³/mol. The van der Waals surface area contributed by atoms with E-state index in [-0.39, 0.29) is 11.8 Å². The highest BCUT2D eigenvalue weighted by Crippen LogP contribution is 2.42. The molecule has 1 atom stereocenters. The van der Waals surface area contributed by atoms with Crippen molar-refractivity contribution in [2.45, 2.75) is 38.3 Å². The average Bonchev–Trinajstić information content (AvgIpc) is 2.75. The number of piperidine rings is 1. The lowest BCUT2D eigenvalue weighted by atomic mass is 9.74. The molecule has 0 spiro atoms. The zero-order chi connectivity index (χ0) is 22.0. The van der Waals surface area contributed by atoms with Crippen LogP contribution >= 0.6 is 12.6 Å². The number of Topliss-reactive ketones (excluding diaryl/α,β-unsaturated/α-hetero) is 1. The first-order valence-corrected chi connectivity index (χ1v) is 11.2. The summed E-state index contributed by atoms with van der Waals surface area (Å²) in [4.78, 5) is 17.0. The summed E-state index contributed by atoms with van der Waals surface area (Å²) in [5, 5.41) is 0. The lowest BCUT2D eigenvalue weighted by Crippen LogP contribution is -2.49. The zero-order valence-electron chi connectivity index (χ0n) is 18.4. The summed E-state index contributed by atoms with van der Waals surface area (Å²) in [6.07, 6.45) is 2.06. The largest absolute Gasteiger partial charge is 0.294 e. The van der Waals surface area contributed by atoms with Crippen molar-refractivity contribution in [2.75, 3.05) is 6.54 Å². The van der Waals surface area contributed by atoms with Crippen LogP contribution in [-0.4, -0.2) is 17.2 Å². The van der Waals surface area contributed by atoms with Gasteiger partial charge in [0.05, 0.1) is 6.04 Å². The van der Waals surface area contributed by atoms with Crippen molar-refractivity contribution >= 4 is 24.5 Å². The molecular weight excluding hydrogens is 398 g/mol. The zero-order valence-corrected chi connectivity index (χ0v) is 19.3. The molecule has 0 bridgehead atoms. The number of nitrogens with zero attached hydrogens (tertiary/aromatic N) is 1. The summed E-state index contributed by atoms with van der Waals surface area (Å²) in [5.41, 5.74) is 4.90. The van der Waals surface area contributed by atoms with Crippen LogP contribution in [0.2, 0.25) is 0 Å². The molecule has 0 amide bonds. The van der Waals surface area contributed by atoms with E-state index in [0.29, 0.717) is 6.54 Å². The molecule has 0 aromatic heterocycles. The van der Waals surface area contributed by atoms with Gasteiger partial charge in [-0.2, -0.15) is 0 Å². The molecule has 1 aliphatic rings. The van der Waals surface area contributed by atoms with Gasteiger partial charge in [0.15, 0.2) is 5.78 Å². The quantitative estimate of drug-likeness (QED) is 0.378. The van der Waals surface area contributed by atoms with Crippen LogP contribution in [0.5, 0.6) is 0 Å². The Morgan fingerprint density at radius 1 is 1.00 bits per heavy atom. The number of benzene rings is 3. The van der Waals surface area contributed by atoms with Gasteiger partial charge >= 0.3 is 0 Å². The van der Waals surface area contributed by atoms with Gasteiger partial charge in [-0.25, -0.2) is 0 Å². The Morgan fingerprint density at radius 2 is 1.65 bits per heavy atom. The average molecular weight is 428 g/mol. The van der Waals surface area contributed by atoms with E-state index in [0.717, 1.165) is 33.7 Å². The molecule has 3 aromatic carbocycles. The van der Waals surface area contributed by atoms with Gasteiger partial charge in [-0.1, -0.05) is 86.6 Å². The second-order valence-corrected chi connectivity index (χ2v) is 9.56. The maximum absolute atomic E-state index is 13.7. The molecule has 4 rings (SSSR count). The topological polar surface area (TPSA) is 20.3 Å². The molecule has 3 aromatic rings. The van der Waals surface area contributed by atoms with E-state index in [4.69, 9.17) is 12.6 Å². The van der Waals surface area contributed by atoms with Gasteiger partial charge < -0.3 is 0 Å². The first kappa shape index (κ1) is 21.6. The molecule has 0 radical (unpaired) electrons. The maximum Gasteiger partial charge on any atom is 0.167 e. The molecule has 3 heteroatoms. The molecule has 1 heterocycles. The highest BCUT2D eigenvalue weighted by Gasteiger charge is 2.43. The van der Waals surface area contributed by atoms with Crippen LogP contribution in [0.3, 0.4) is 0 Å². The van der Waals surface area contributed by atoms with Gasteiger partial charge in [0.2, 0.25) is 0 Å². The fourth-order valence-corrected chi connectivity index (χ4v) is 4.80. The third-order valence-electron chi connectivity index (χ3n) is 5.98. The van der Waals surface area contributed by atoms with Crippen LogP contribution in [-0.2, 0) is 11.3 Å². The summed E-state index contributed by atoms with van der Waals surface area (Å²) < 4.78 is 0. The minimum atomic E-state index is -0.465. The summed E-state index contributed by atoms with van der Waals surface area (Å²) >= 11 is 4.69. The van der Waals surface area contributed by atoms with E-state index < -0.39 is 5.41 Å². The van der Waals surface area contributed by atoms with E-state index in [2.05, 4.69) is 80.3 Å². The fourth-order valence-electron chi connectivity index (χ4n) is 4.46. The van der Waals surface area contributed by atoms with Crippen LogP contribution in [0.25, 0.3) is 6.08 Å². The number of rotatable bonds is 4. The Balaban J connectivity index is 1.85. The number of aryl methyl sites for hydroxylation is 1. The van der Waals surface area contributed by atoms with E-state index >= 15 is 0 Å². The van der Waals surface area contributed by atoms with Crippen molar-refractivity contribution in [3.63, 3.8) is 0 Å². The second kappa shape index (κ2) is 8.86. The Kier molecular flexibility index (Phi) is 6.17. The maximum atomic E-state index is 13.7. The molecule has 1 saturated heterocycles. The Labute approximate surface area is 191 Å². The summed E-state index contributed by atoms with van der Waals surface area (Å²) in [5.74, 6) is 0.207. The number of carbonyl (C=O) groups is 1. The van der Waals surface area contributed by atoms with Crippen molar-refractivity contribution in [2.24, 2.45) is 5.41 Å². The van der Waals surface area contributed by atoms with Crippen molar-refractivity contribution in [1.82, 2.24) is 4.90 Å². The number of carbonyl (C=O) groups excluding carboxylic acids is 1. The first-order valence-electron chi connectivity index (χ1n) is 10.7. The molecule has 31 heavy (non-hydrogen) atoms. The Morgan fingerprint density at radius 3 is 2.29 bits per heavy atom. The Hall–Kier alpha value is -2.62. The van der Waals surface area contributed by atoms with Gasteiger partial charge in [-0.15, -0.1) is 12.6 Å². The van der Waals surface area contributed by atoms with Crippen LogP contribution in [0.1, 0.15) is 42.1 Å². The normalized spacial score (nSPS) is 20.2. The van der Waals surface area contributed by atoms with E-state index in [9.17, 15) is 4.79 Å². The number of hydrogen-bond acceptors (Lipinski definition) is 3. The van der Waals surface area contributed by atoms with Crippen molar-refractivity contribution in [1.29, 1.82) is 0 Å². The van der Waals surface area contributed by atoms with E-state index in [1.165, 1.54) is 5.56 Å². The summed E-state index contributed by atoms with van der Waals surface area (Å²) in [6.45, 7) is 7.66. The number of thiol groups is 1. The lowest BCUT2D eigenvalue weighted by molar-refractivity contribution is -0.128. The van der Waals surface area contributed by atoms with Gasteiger partial charge in [-0.3, -0.25) is 9.69 Å². The minimum absolute atomic E-state index is 0.101. The molecule has 158 valence electrons. The number of ketones is 1. The molecule has 1 unspecified atom stereocenters. The van der Waals surface area contributed by atoms with Gasteiger partial charge in [0.25, 0.3) is 0 Å². The Bertz CT molecular complexity index is 1100. The van der Waals surface area contributed by atoms with Crippen LogP contribution < -0.4 is 0 Å². The first-order chi connectivity index (χ1) is 14.8. The standard InChI is InChI=1S/C28H29NOS/c1-20-14-15-23(25(31)16-20)17-24-26(22-12-8-5-9-13-22)29(19-28(2,3)27(24)30)18-21-10-6-4-7-11-21/h4-17,26,31H,18-19H2,1-3H3/b24-17-. The SMILES string of the molecule is Cc1ccc(/C=C2\C(=O)C(C)(C)CN(Cc3ccccc3)C2c2ccccc2)c(S)c1. The highest BCUT2D eigenvalue weighted by molar-refractivity contribution is 7.80. The van der Waals surface area contributed by atoms with Crippen molar-refractivity contribution in [3.8, 4) is 0 Å². The fraction of sp³-hybridized carbons (Fsp3) is 0.250. The molecule has 1 fully saturated rings. The minimum Gasteiger partial charge on any atom is -0.294 e. The van der Waals surface area contributed by atoms with Crippen LogP contribution in [0, 0.1) is 12.3 Å². The van der Waals surface area contributed by atoms with E-state index in [1.807, 2.05) is 30.3 Å². The molecular formula is C28H29NOS. The van der Waals surface area contributed by atoms with Gasteiger partial charge in [0, 0.05) is 29.0 Å². The van der Waals surface area contributed by atoms with Crippen LogP contribution in [0.4, 0.5) is 0 Å². The summed E-state index contributed by atoms with van der Waals surface area (Å²) in [6, 6.07) is 26.9. The van der Waals surface area contributed by atoms with Crippen LogP contribution in [0.15, 0.2) is 89.3 Å². The molecule has 0 aliphatic carbocycles. The van der Waals surface area contributed by atoms with Gasteiger partial charge in [-0.05, 0) is 41.3 Å². The molecule has 1 aliphatic heterocycles. The molecule has 2 nitrogen and oxygen atoms in total. The lowest BCUT2D eigenvalue weighted by Gasteiger charge is -2.44. The van der Waals surface area contributed by atoms with E-state index in [1.54, 1.807) is 0 Å². The molecule has 0 saturated carbocycles. The highest BCUT2D eigenvalue weighted by atomic mass is 32.1. The molecule has 0 N–H and O–H groups in total. The van der Waals surface area contributed by atoms with Crippen molar-refractivity contribution < 1.29 is 4.79 Å². The smallest absolute Gasteiger partial charge is 0.167 e. The van der Waals surface area contributed by atoms with Gasteiger partial charge in [0.1, 0.15) is 0 Å². The number of hydrogen-bond donors (Lipinski definition) is 1. The second-order valence-electron chi connectivity index (χ2n) is 9.08. The third-order valence-corrected chi connectivity index (χ3v) is 6.36. The predicted octanol–water partition coefficient (Wildman–Crippen LogP) is 6.52. The third kappa shape index (κ3) is 4.68.